The van der Waals surface area contributed by atoms with Crippen molar-refractivity contribution < 1.29 is 0 Å². The lowest BCUT2D eigenvalue weighted by Gasteiger charge is -2.17. The van der Waals surface area contributed by atoms with Gasteiger partial charge >= 0.3 is 0 Å². The summed E-state index contributed by atoms with van der Waals surface area (Å²) < 4.78 is 0. The van der Waals surface area contributed by atoms with Crippen molar-refractivity contribution in [3.8, 4) is 0 Å². The van der Waals surface area contributed by atoms with E-state index in [4.69, 9.17) is 0 Å². The fourth-order valence-electron chi connectivity index (χ4n) is 1.43. The van der Waals surface area contributed by atoms with Gasteiger partial charge in [0.05, 0.1) is 0 Å². The van der Waals surface area contributed by atoms with Crippen LogP contribution in [0.25, 0.3) is 0 Å². The molecule has 4 nitrogen and oxygen atoms in total. The average Bonchev–Trinajstić information content (AvgIpc) is 2.31. The lowest BCUT2D eigenvalue weighted by molar-refractivity contribution is 0.303. The molecule has 0 amide bonds. The van der Waals surface area contributed by atoms with E-state index in [2.05, 4.69) is 34.0 Å². The molecule has 0 radical (unpaired) electrons. The van der Waals surface area contributed by atoms with Crippen LogP contribution in [0.4, 0.5) is 5.95 Å². The summed E-state index contributed by atoms with van der Waals surface area (Å²) >= 11 is 0. The van der Waals surface area contributed by atoms with Gasteiger partial charge in [0, 0.05) is 18.9 Å². The molecule has 0 aromatic carbocycles. The predicted molar refractivity (Wildman–Crippen MR) is 62.9 cm³/mol. The average molecular weight is 208 g/mol. The predicted octanol–water partition coefficient (Wildman–Crippen LogP) is 1.62. The van der Waals surface area contributed by atoms with Gasteiger partial charge in [-0.1, -0.05) is 13.8 Å². The van der Waals surface area contributed by atoms with Crippen LogP contribution in [-0.4, -0.2) is 41.0 Å². The van der Waals surface area contributed by atoms with Crippen molar-refractivity contribution in [1.29, 1.82) is 0 Å². The number of nitrogens with one attached hydrogen (secondary N) is 1. The number of rotatable bonds is 7. The maximum atomic E-state index is 4.10. The molecule has 0 aliphatic rings. The molecule has 0 aliphatic carbocycles. The monoisotopic (exact) mass is 208 g/mol. The highest BCUT2D eigenvalue weighted by Gasteiger charge is 1.98. The van der Waals surface area contributed by atoms with Gasteiger partial charge in [-0.3, -0.25) is 0 Å². The molecule has 1 heterocycles. The minimum atomic E-state index is 0.719. The molecule has 0 saturated heterocycles. The molecule has 0 fully saturated rings. The summed E-state index contributed by atoms with van der Waals surface area (Å²) in [7, 11) is 0. The Labute approximate surface area is 91.7 Å². The number of nitrogens with zero attached hydrogens (tertiary/aromatic N) is 3. The van der Waals surface area contributed by atoms with E-state index < -0.39 is 0 Å². The second-order valence-corrected chi connectivity index (χ2v) is 3.38. The summed E-state index contributed by atoms with van der Waals surface area (Å²) in [6, 6.07) is 1.82. The van der Waals surface area contributed by atoms with Crippen molar-refractivity contribution in [3.05, 3.63) is 18.5 Å². The van der Waals surface area contributed by atoms with E-state index in [9.17, 15) is 0 Å². The largest absolute Gasteiger partial charge is 0.354 e. The number of aromatic nitrogens is 2. The Morgan fingerprint density at radius 3 is 2.47 bits per heavy atom. The zero-order valence-corrected chi connectivity index (χ0v) is 9.61. The molecular formula is C11H20N4. The molecule has 1 N–H and O–H groups in total. The first-order valence-electron chi connectivity index (χ1n) is 5.60. The van der Waals surface area contributed by atoms with Gasteiger partial charge < -0.3 is 10.2 Å². The Balaban J connectivity index is 2.12. The summed E-state index contributed by atoms with van der Waals surface area (Å²) in [5.41, 5.74) is 0. The van der Waals surface area contributed by atoms with E-state index >= 15 is 0 Å². The molecule has 0 unspecified atom stereocenters. The second-order valence-electron chi connectivity index (χ2n) is 3.38. The van der Waals surface area contributed by atoms with Gasteiger partial charge in [-0.05, 0) is 32.1 Å². The summed E-state index contributed by atoms with van der Waals surface area (Å²) in [6.45, 7) is 8.69. The number of hydrogen-bond donors (Lipinski definition) is 1. The summed E-state index contributed by atoms with van der Waals surface area (Å²) in [5.74, 6) is 0.719. The minimum Gasteiger partial charge on any atom is -0.354 e. The van der Waals surface area contributed by atoms with Crippen molar-refractivity contribution in [3.63, 3.8) is 0 Å². The third kappa shape index (κ3) is 4.74. The molecule has 15 heavy (non-hydrogen) atoms. The van der Waals surface area contributed by atoms with Gasteiger partial charge in [-0.15, -0.1) is 0 Å². The van der Waals surface area contributed by atoms with Crippen LogP contribution >= 0.6 is 0 Å². The molecule has 0 spiro atoms. The molecular weight excluding hydrogens is 188 g/mol. The first-order valence-corrected chi connectivity index (χ1v) is 5.60. The maximum Gasteiger partial charge on any atom is 0.222 e. The van der Waals surface area contributed by atoms with E-state index in [0.29, 0.717) is 0 Å². The molecule has 1 aromatic heterocycles. The Hall–Kier alpha value is -1.16. The summed E-state index contributed by atoms with van der Waals surface area (Å²) in [4.78, 5) is 10.6. The lowest BCUT2D eigenvalue weighted by Crippen LogP contribution is -2.25. The normalized spacial score (nSPS) is 10.6. The molecule has 0 aliphatic heterocycles. The lowest BCUT2D eigenvalue weighted by atomic mass is 10.3. The van der Waals surface area contributed by atoms with Crippen LogP contribution < -0.4 is 5.32 Å². The van der Waals surface area contributed by atoms with Crippen LogP contribution in [0.5, 0.6) is 0 Å². The Morgan fingerprint density at radius 1 is 1.20 bits per heavy atom. The fraction of sp³-hybridized carbons (Fsp3) is 0.636. The third-order valence-corrected chi connectivity index (χ3v) is 2.39. The standard InChI is InChI=1S/C11H20N4/c1-3-15(4-2)10-6-9-14-11-12-7-5-8-13-11/h5,7-8H,3-4,6,9-10H2,1-2H3,(H,12,13,14). The van der Waals surface area contributed by atoms with Crippen molar-refractivity contribution in [2.45, 2.75) is 20.3 Å². The second kappa shape index (κ2) is 7.17. The first-order chi connectivity index (χ1) is 7.36. The van der Waals surface area contributed by atoms with Crippen LogP contribution in [0, 0.1) is 0 Å². The van der Waals surface area contributed by atoms with Crippen LogP contribution in [0.3, 0.4) is 0 Å². The Bertz CT molecular complexity index is 246. The van der Waals surface area contributed by atoms with Gasteiger partial charge in [-0.25, -0.2) is 9.97 Å². The van der Waals surface area contributed by atoms with Crippen molar-refractivity contribution >= 4 is 5.95 Å². The number of anilines is 1. The van der Waals surface area contributed by atoms with Crippen LogP contribution in [0.2, 0.25) is 0 Å². The van der Waals surface area contributed by atoms with Crippen molar-refractivity contribution in [2.75, 3.05) is 31.5 Å². The highest BCUT2D eigenvalue weighted by Crippen LogP contribution is 1.95. The third-order valence-electron chi connectivity index (χ3n) is 2.39. The van der Waals surface area contributed by atoms with Gasteiger partial charge in [0.2, 0.25) is 5.95 Å². The molecule has 84 valence electrons. The molecule has 0 bridgehead atoms. The zero-order chi connectivity index (χ0) is 10.9. The highest BCUT2D eigenvalue weighted by atomic mass is 15.1. The molecule has 0 atom stereocenters. The molecule has 1 aromatic rings. The smallest absolute Gasteiger partial charge is 0.222 e. The van der Waals surface area contributed by atoms with Gasteiger partial charge in [-0.2, -0.15) is 0 Å². The van der Waals surface area contributed by atoms with Crippen molar-refractivity contribution in [1.82, 2.24) is 14.9 Å². The van der Waals surface area contributed by atoms with E-state index in [1.54, 1.807) is 12.4 Å². The maximum absolute atomic E-state index is 4.10. The van der Waals surface area contributed by atoms with Crippen molar-refractivity contribution in [2.24, 2.45) is 0 Å². The van der Waals surface area contributed by atoms with E-state index in [1.807, 2.05) is 6.07 Å². The van der Waals surface area contributed by atoms with E-state index in [1.165, 1.54) is 0 Å². The van der Waals surface area contributed by atoms with Gasteiger partial charge in [0.15, 0.2) is 0 Å². The van der Waals surface area contributed by atoms with Crippen LogP contribution in [0.1, 0.15) is 20.3 Å². The Morgan fingerprint density at radius 2 is 1.87 bits per heavy atom. The Kier molecular flexibility index (Phi) is 5.70. The van der Waals surface area contributed by atoms with Crippen LogP contribution in [-0.2, 0) is 0 Å². The van der Waals surface area contributed by atoms with Gasteiger partial charge in [0.1, 0.15) is 0 Å². The SMILES string of the molecule is CCN(CC)CCCNc1ncccn1. The van der Waals surface area contributed by atoms with Crippen LogP contribution in [0.15, 0.2) is 18.5 Å². The molecule has 4 heteroatoms. The summed E-state index contributed by atoms with van der Waals surface area (Å²) in [5, 5.41) is 3.20. The topological polar surface area (TPSA) is 41.0 Å². The number of hydrogen-bond acceptors (Lipinski definition) is 4. The van der Waals surface area contributed by atoms with E-state index in [-0.39, 0.29) is 0 Å². The zero-order valence-electron chi connectivity index (χ0n) is 9.61. The molecule has 1 rings (SSSR count). The molecule has 0 saturated carbocycles. The summed E-state index contributed by atoms with van der Waals surface area (Å²) in [6.07, 6.45) is 4.62. The quantitative estimate of drug-likeness (QED) is 0.691. The fourth-order valence-corrected chi connectivity index (χ4v) is 1.43. The highest BCUT2D eigenvalue weighted by molar-refractivity contribution is 5.21. The first kappa shape index (κ1) is 11.9. The minimum absolute atomic E-state index is 0.719. The van der Waals surface area contributed by atoms with E-state index in [0.717, 1.165) is 38.5 Å². The van der Waals surface area contributed by atoms with Gasteiger partial charge in [0.25, 0.3) is 0 Å².